The average molecular weight is 168 g/mol. The second kappa shape index (κ2) is 2.94. The van der Waals surface area contributed by atoms with E-state index in [-0.39, 0.29) is 0 Å². The standard InChI is InChI=1S/C9H12OS/c1-7-9(5-6-10-7)11-8-3-2-4-8/h5-6,8H,2-4H2,1H3. The summed E-state index contributed by atoms with van der Waals surface area (Å²) in [5.74, 6) is 1.07. The van der Waals surface area contributed by atoms with E-state index in [4.69, 9.17) is 4.42 Å². The summed E-state index contributed by atoms with van der Waals surface area (Å²) in [5, 5.41) is 0.867. The van der Waals surface area contributed by atoms with Gasteiger partial charge in [0, 0.05) is 10.1 Å². The minimum absolute atomic E-state index is 0.867. The first-order valence-electron chi connectivity index (χ1n) is 4.07. The van der Waals surface area contributed by atoms with E-state index < -0.39 is 0 Å². The van der Waals surface area contributed by atoms with Crippen LogP contribution in [0.3, 0.4) is 0 Å². The zero-order valence-electron chi connectivity index (χ0n) is 6.67. The Labute approximate surface area is 71.2 Å². The normalized spacial score (nSPS) is 18.3. The Balaban J connectivity index is 1.99. The number of furan rings is 1. The third-order valence-electron chi connectivity index (χ3n) is 2.16. The summed E-state index contributed by atoms with van der Waals surface area (Å²) in [5.41, 5.74) is 0. The van der Waals surface area contributed by atoms with Crippen molar-refractivity contribution in [2.24, 2.45) is 0 Å². The quantitative estimate of drug-likeness (QED) is 0.672. The van der Waals surface area contributed by atoms with Gasteiger partial charge in [0.2, 0.25) is 0 Å². The van der Waals surface area contributed by atoms with Crippen molar-refractivity contribution in [2.45, 2.75) is 36.3 Å². The largest absolute Gasteiger partial charge is 0.468 e. The summed E-state index contributed by atoms with van der Waals surface area (Å²) in [6.07, 6.45) is 5.95. The van der Waals surface area contributed by atoms with Crippen LogP contribution in [0.15, 0.2) is 21.6 Å². The van der Waals surface area contributed by atoms with E-state index >= 15 is 0 Å². The van der Waals surface area contributed by atoms with E-state index in [9.17, 15) is 0 Å². The lowest BCUT2D eigenvalue weighted by molar-refractivity contribution is 0.516. The van der Waals surface area contributed by atoms with Gasteiger partial charge in [0.15, 0.2) is 0 Å². The SMILES string of the molecule is Cc1occc1SC1CCC1. The molecule has 2 rings (SSSR count). The molecule has 1 aromatic rings. The fourth-order valence-corrected chi connectivity index (χ4v) is 2.44. The Morgan fingerprint density at radius 1 is 1.55 bits per heavy atom. The van der Waals surface area contributed by atoms with Crippen LogP contribution < -0.4 is 0 Å². The van der Waals surface area contributed by atoms with Gasteiger partial charge in [-0.15, -0.1) is 11.8 Å². The van der Waals surface area contributed by atoms with Crippen LogP contribution in [0.25, 0.3) is 0 Å². The first kappa shape index (κ1) is 7.29. The molecule has 0 bridgehead atoms. The molecule has 0 aliphatic heterocycles. The predicted octanol–water partition coefficient (Wildman–Crippen LogP) is 3.23. The molecule has 1 aliphatic rings. The van der Waals surface area contributed by atoms with E-state index in [0.29, 0.717) is 0 Å². The van der Waals surface area contributed by atoms with Crippen LogP contribution in [0.5, 0.6) is 0 Å². The van der Waals surface area contributed by atoms with E-state index in [2.05, 4.69) is 6.07 Å². The van der Waals surface area contributed by atoms with Crippen molar-refractivity contribution in [2.75, 3.05) is 0 Å². The molecule has 11 heavy (non-hydrogen) atoms. The van der Waals surface area contributed by atoms with Crippen LogP contribution in [0, 0.1) is 6.92 Å². The summed E-state index contributed by atoms with van der Waals surface area (Å²) in [6, 6.07) is 2.07. The minimum atomic E-state index is 0.867. The monoisotopic (exact) mass is 168 g/mol. The van der Waals surface area contributed by atoms with Crippen LogP contribution >= 0.6 is 11.8 Å². The Morgan fingerprint density at radius 3 is 2.82 bits per heavy atom. The van der Waals surface area contributed by atoms with Gasteiger partial charge in [-0.2, -0.15) is 0 Å². The second-order valence-electron chi connectivity index (χ2n) is 3.01. The highest BCUT2D eigenvalue weighted by atomic mass is 32.2. The molecule has 0 spiro atoms. The van der Waals surface area contributed by atoms with Gasteiger partial charge in [0.25, 0.3) is 0 Å². The van der Waals surface area contributed by atoms with Crippen molar-refractivity contribution in [1.29, 1.82) is 0 Å². The van der Waals surface area contributed by atoms with Crippen molar-refractivity contribution >= 4 is 11.8 Å². The van der Waals surface area contributed by atoms with Crippen molar-refractivity contribution in [3.8, 4) is 0 Å². The first-order chi connectivity index (χ1) is 5.36. The number of aryl methyl sites for hydroxylation is 1. The number of hydrogen-bond donors (Lipinski definition) is 0. The highest BCUT2D eigenvalue weighted by Gasteiger charge is 2.19. The van der Waals surface area contributed by atoms with Gasteiger partial charge in [-0.05, 0) is 25.8 Å². The molecule has 0 N–H and O–H groups in total. The van der Waals surface area contributed by atoms with Crippen molar-refractivity contribution in [1.82, 2.24) is 0 Å². The molecule has 2 heteroatoms. The third-order valence-corrected chi connectivity index (χ3v) is 3.64. The Kier molecular flexibility index (Phi) is 1.95. The van der Waals surface area contributed by atoms with E-state index in [0.717, 1.165) is 11.0 Å². The molecule has 1 saturated carbocycles. The van der Waals surface area contributed by atoms with Gasteiger partial charge < -0.3 is 4.42 Å². The predicted molar refractivity (Wildman–Crippen MR) is 46.9 cm³/mol. The van der Waals surface area contributed by atoms with Crippen molar-refractivity contribution in [3.63, 3.8) is 0 Å². The number of thioether (sulfide) groups is 1. The smallest absolute Gasteiger partial charge is 0.114 e. The summed E-state index contributed by atoms with van der Waals surface area (Å²) in [4.78, 5) is 1.33. The highest BCUT2D eigenvalue weighted by molar-refractivity contribution is 8.00. The summed E-state index contributed by atoms with van der Waals surface area (Å²) >= 11 is 1.97. The van der Waals surface area contributed by atoms with E-state index in [1.54, 1.807) is 6.26 Å². The molecule has 1 aromatic heterocycles. The first-order valence-corrected chi connectivity index (χ1v) is 4.95. The molecule has 0 amide bonds. The average Bonchev–Trinajstić information content (AvgIpc) is 2.27. The zero-order chi connectivity index (χ0) is 7.68. The Hall–Kier alpha value is -0.370. The summed E-state index contributed by atoms with van der Waals surface area (Å²) in [7, 11) is 0. The van der Waals surface area contributed by atoms with E-state index in [1.807, 2.05) is 18.7 Å². The molecular weight excluding hydrogens is 156 g/mol. The van der Waals surface area contributed by atoms with Crippen LogP contribution in [-0.4, -0.2) is 5.25 Å². The topological polar surface area (TPSA) is 13.1 Å². The Morgan fingerprint density at radius 2 is 2.36 bits per heavy atom. The van der Waals surface area contributed by atoms with Crippen LogP contribution in [0.2, 0.25) is 0 Å². The van der Waals surface area contributed by atoms with Crippen LogP contribution in [0.4, 0.5) is 0 Å². The van der Waals surface area contributed by atoms with Gasteiger partial charge in [-0.3, -0.25) is 0 Å². The van der Waals surface area contributed by atoms with Gasteiger partial charge in [0.1, 0.15) is 5.76 Å². The zero-order valence-corrected chi connectivity index (χ0v) is 7.49. The van der Waals surface area contributed by atoms with Crippen molar-refractivity contribution < 1.29 is 4.42 Å². The van der Waals surface area contributed by atoms with E-state index in [1.165, 1.54) is 24.2 Å². The molecule has 60 valence electrons. The molecule has 1 nitrogen and oxygen atoms in total. The third kappa shape index (κ3) is 1.45. The van der Waals surface area contributed by atoms with Crippen LogP contribution in [-0.2, 0) is 0 Å². The van der Waals surface area contributed by atoms with Crippen molar-refractivity contribution in [3.05, 3.63) is 18.1 Å². The van der Waals surface area contributed by atoms with Gasteiger partial charge >= 0.3 is 0 Å². The molecule has 0 saturated heterocycles. The maximum atomic E-state index is 5.21. The molecule has 0 radical (unpaired) electrons. The lowest BCUT2D eigenvalue weighted by Gasteiger charge is -2.23. The van der Waals surface area contributed by atoms with Gasteiger partial charge in [0.05, 0.1) is 6.26 Å². The molecule has 0 aromatic carbocycles. The minimum Gasteiger partial charge on any atom is -0.468 e. The maximum absolute atomic E-state index is 5.21. The number of hydrogen-bond acceptors (Lipinski definition) is 2. The number of rotatable bonds is 2. The molecule has 0 unspecified atom stereocenters. The summed E-state index contributed by atoms with van der Waals surface area (Å²) in [6.45, 7) is 2.03. The Bertz CT molecular complexity index is 237. The highest BCUT2D eigenvalue weighted by Crippen LogP contribution is 2.37. The maximum Gasteiger partial charge on any atom is 0.114 e. The fraction of sp³-hybridized carbons (Fsp3) is 0.556. The molecule has 0 atom stereocenters. The van der Waals surface area contributed by atoms with Gasteiger partial charge in [-0.1, -0.05) is 6.42 Å². The van der Waals surface area contributed by atoms with Gasteiger partial charge in [-0.25, -0.2) is 0 Å². The second-order valence-corrected chi connectivity index (χ2v) is 4.35. The lowest BCUT2D eigenvalue weighted by Crippen LogP contribution is -2.12. The summed E-state index contributed by atoms with van der Waals surface area (Å²) < 4.78 is 5.21. The lowest BCUT2D eigenvalue weighted by atomic mass is 10.0. The fourth-order valence-electron chi connectivity index (χ4n) is 1.16. The molecule has 1 aliphatic carbocycles. The van der Waals surface area contributed by atoms with Crippen LogP contribution in [0.1, 0.15) is 25.0 Å². The molecular formula is C9H12OS. The molecule has 1 fully saturated rings. The molecule has 1 heterocycles.